The van der Waals surface area contributed by atoms with E-state index in [1.165, 1.54) is 6.07 Å². The normalized spacial score (nSPS) is 15.8. The highest BCUT2D eigenvalue weighted by atomic mass is 19.1. The first kappa shape index (κ1) is 17.6. The van der Waals surface area contributed by atoms with E-state index in [2.05, 4.69) is 18.1 Å². The summed E-state index contributed by atoms with van der Waals surface area (Å²) in [7, 11) is 0. The van der Waals surface area contributed by atoms with Crippen LogP contribution in [-0.4, -0.2) is 24.0 Å². The molecule has 0 heterocycles. The van der Waals surface area contributed by atoms with Crippen molar-refractivity contribution in [1.82, 2.24) is 4.90 Å². The van der Waals surface area contributed by atoms with Gasteiger partial charge < -0.3 is 5.73 Å². The first-order valence-electron chi connectivity index (χ1n) is 7.39. The zero-order valence-corrected chi connectivity index (χ0v) is 13.3. The van der Waals surface area contributed by atoms with E-state index in [1.54, 1.807) is 12.1 Å². The van der Waals surface area contributed by atoms with Crippen molar-refractivity contribution in [3.05, 3.63) is 61.0 Å². The number of hydrogen-bond acceptors (Lipinski definition) is 2. The lowest BCUT2D eigenvalue weighted by molar-refractivity contribution is 0.118. The minimum absolute atomic E-state index is 0.0506. The average molecular weight is 290 g/mol. The minimum atomic E-state index is -0.780. The molecule has 0 aliphatic rings. The van der Waals surface area contributed by atoms with Crippen LogP contribution in [0, 0.1) is 11.7 Å². The predicted octanol–water partition coefficient (Wildman–Crippen LogP) is 3.70. The number of nitrogens with zero attached hydrogens (tertiary/aromatic N) is 1. The third kappa shape index (κ3) is 3.60. The van der Waals surface area contributed by atoms with Gasteiger partial charge in [-0.2, -0.15) is 0 Å². The van der Waals surface area contributed by atoms with Gasteiger partial charge in [-0.05, 0) is 18.9 Å². The van der Waals surface area contributed by atoms with Crippen molar-refractivity contribution in [2.75, 3.05) is 13.1 Å². The van der Waals surface area contributed by atoms with Crippen molar-refractivity contribution >= 4 is 0 Å². The van der Waals surface area contributed by atoms with Gasteiger partial charge in [0.1, 0.15) is 5.82 Å². The Balaban J connectivity index is 3.29. The molecule has 0 aromatic heterocycles. The largest absolute Gasteiger partial charge is 0.320 e. The Labute approximate surface area is 128 Å². The molecule has 2 nitrogen and oxygen atoms in total. The molecular formula is C18H27FN2. The fourth-order valence-corrected chi connectivity index (χ4v) is 2.86. The zero-order valence-electron chi connectivity index (χ0n) is 13.3. The van der Waals surface area contributed by atoms with Crippen LogP contribution in [-0.2, 0) is 5.54 Å². The van der Waals surface area contributed by atoms with Crippen LogP contribution in [0.1, 0.15) is 26.3 Å². The van der Waals surface area contributed by atoms with Crippen LogP contribution in [0.3, 0.4) is 0 Å². The van der Waals surface area contributed by atoms with E-state index >= 15 is 0 Å². The van der Waals surface area contributed by atoms with Gasteiger partial charge in [0.15, 0.2) is 0 Å². The van der Waals surface area contributed by atoms with E-state index in [-0.39, 0.29) is 17.8 Å². The van der Waals surface area contributed by atoms with E-state index in [0.29, 0.717) is 18.7 Å². The van der Waals surface area contributed by atoms with E-state index < -0.39 is 5.54 Å². The third-order valence-corrected chi connectivity index (χ3v) is 4.26. The molecule has 1 aromatic carbocycles. The lowest BCUT2D eigenvalue weighted by Crippen LogP contribution is -2.58. The van der Waals surface area contributed by atoms with Gasteiger partial charge in [-0.1, -0.05) is 44.2 Å². The molecule has 0 radical (unpaired) electrons. The molecule has 3 heteroatoms. The summed E-state index contributed by atoms with van der Waals surface area (Å²) >= 11 is 0. The summed E-state index contributed by atoms with van der Waals surface area (Å²) in [6.07, 6.45) is 3.67. The van der Waals surface area contributed by atoms with Gasteiger partial charge in [0.05, 0.1) is 5.54 Å². The summed E-state index contributed by atoms with van der Waals surface area (Å²) in [4.78, 5) is 2.16. The number of nitrogens with two attached hydrogens (primary N) is 1. The Morgan fingerprint density at radius 1 is 1.19 bits per heavy atom. The maximum absolute atomic E-state index is 14.3. The van der Waals surface area contributed by atoms with Crippen LogP contribution in [0.4, 0.5) is 4.39 Å². The van der Waals surface area contributed by atoms with Gasteiger partial charge in [-0.15, -0.1) is 13.2 Å². The van der Waals surface area contributed by atoms with Crippen LogP contribution in [0.2, 0.25) is 0 Å². The summed E-state index contributed by atoms with van der Waals surface area (Å²) in [5, 5.41) is 0. The molecular weight excluding hydrogens is 263 g/mol. The maximum atomic E-state index is 14.3. The molecule has 0 bridgehead atoms. The molecule has 0 amide bonds. The van der Waals surface area contributed by atoms with Crippen LogP contribution < -0.4 is 5.73 Å². The molecule has 0 saturated carbocycles. The summed E-state index contributed by atoms with van der Waals surface area (Å²) in [5.41, 5.74) is 6.50. The highest BCUT2D eigenvalue weighted by Crippen LogP contribution is 2.34. The number of hydrogen-bond donors (Lipinski definition) is 1. The first-order chi connectivity index (χ1) is 9.89. The van der Waals surface area contributed by atoms with E-state index in [1.807, 2.05) is 39.0 Å². The molecule has 1 rings (SSSR count). The smallest absolute Gasteiger partial charge is 0.128 e. The molecule has 0 saturated heterocycles. The number of benzene rings is 1. The first-order valence-corrected chi connectivity index (χ1v) is 7.39. The maximum Gasteiger partial charge on any atom is 0.128 e. The monoisotopic (exact) mass is 290 g/mol. The summed E-state index contributed by atoms with van der Waals surface area (Å²) < 4.78 is 14.3. The molecule has 0 spiro atoms. The van der Waals surface area contributed by atoms with Gasteiger partial charge in [0, 0.05) is 24.7 Å². The molecule has 1 aromatic rings. The lowest BCUT2D eigenvalue weighted by Gasteiger charge is -2.45. The minimum Gasteiger partial charge on any atom is -0.320 e. The molecule has 2 N–H and O–H groups in total. The standard InChI is InChI=1S/C18H27FN2/c1-6-12-21(13-7-2)15(5)18(20,14(3)4)16-10-8-9-11-17(16)19/h6-11,14-15H,1-2,12-13,20H2,3-5H3. The summed E-state index contributed by atoms with van der Waals surface area (Å²) in [6.45, 7) is 15.1. The lowest BCUT2D eigenvalue weighted by atomic mass is 9.74. The molecule has 0 aliphatic heterocycles. The number of halogens is 1. The van der Waals surface area contributed by atoms with Crippen molar-refractivity contribution in [2.45, 2.75) is 32.4 Å². The van der Waals surface area contributed by atoms with Gasteiger partial charge in [-0.25, -0.2) is 4.39 Å². The second-order valence-electron chi connectivity index (χ2n) is 5.77. The summed E-state index contributed by atoms with van der Waals surface area (Å²) in [5.74, 6) is -0.167. The Morgan fingerprint density at radius 2 is 1.71 bits per heavy atom. The Kier molecular flexibility index (Phi) is 6.31. The van der Waals surface area contributed by atoms with Crippen molar-refractivity contribution in [3.8, 4) is 0 Å². The van der Waals surface area contributed by atoms with Crippen molar-refractivity contribution < 1.29 is 4.39 Å². The van der Waals surface area contributed by atoms with Crippen molar-refractivity contribution in [3.63, 3.8) is 0 Å². The van der Waals surface area contributed by atoms with Gasteiger partial charge in [-0.3, -0.25) is 4.90 Å². The molecule has 116 valence electrons. The fourth-order valence-electron chi connectivity index (χ4n) is 2.86. The Morgan fingerprint density at radius 3 is 2.14 bits per heavy atom. The SMILES string of the molecule is C=CCN(CC=C)C(C)C(N)(c1ccccc1F)C(C)C. The van der Waals surface area contributed by atoms with Crippen LogP contribution >= 0.6 is 0 Å². The van der Waals surface area contributed by atoms with Gasteiger partial charge >= 0.3 is 0 Å². The predicted molar refractivity (Wildman–Crippen MR) is 88.5 cm³/mol. The molecule has 2 unspecified atom stereocenters. The van der Waals surface area contributed by atoms with E-state index in [4.69, 9.17) is 5.73 Å². The number of rotatable bonds is 8. The van der Waals surface area contributed by atoms with Crippen LogP contribution in [0.25, 0.3) is 0 Å². The van der Waals surface area contributed by atoms with Crippen molar-refractivity contribution in [1.29, 1.82) is 0 Å². The topological polar surface area (TPSA) is 29.3 Å². The zero-order chi connectivity index (χ0) is 16.0. The van der Waals surface area contributed by atoms with Gasteiger partial charge in [0.2, 0.25) is 0 Å². The summed E-state index contributed by atoms with van der Waals surface area (Å²) in [6, 6.07) is 6.73. The molecule has 21 heavy (non-hydrogen) atoms. The fraction of sp³-hybridized carbons (Fsp3) is 0.444. The van der Waals surface area contributed by atoms with E-state index in [9.17, 15) is 4.39 Å². The Hall–Kier alpha value is -1.45. The molecule has 0 aliphatic carbocycles. The highest BCUT2D eigenvalue weighted by molar-refractivity contribution is 5.29. The third-order valence-electron chi connectivity index (χ3n) is 4.26. The van der Waals surface area contributed by atoms with Gasteiger partial charge in [0.25, 0.3) is 0 Å². The highest BCUT2D eigenvalue weighted by Gasteiger charge is 2.41. The second-order valence-corrected chi connectivity index (χ2v) is 5.77. The second kappa shape index (κ2) is 7.53. The van der Waals surface area contributed by atoms with E-state index in [0.717, 1.165) is 0 Å². The van der Waals surface area contributed by atoms with Crippen LogP contribution in [0.5, 0.6) is 0 Å². The quantitative estimate of drug-likeness (QED) is 0.740. The van der Waals surface area contributed by atoms with Crippen molar-refractivity contribution in [2.24, 2.45) is 11.7 Å². The van der Waals surface area contributed by atoms with Crippen LogP contribution in [0.15, 0.2) is 49.6 Å². The Bertz CT molecular complexity index is 474. The average Bonchev–Trinajstić information content (AvgIpc) is 2.45. The molecule has 0 fully saturated rings. The molecule has 2 atom stereocenters.